The summed E-state index contributed by atoms with van der Waals surface area (Å²) in [6.07, 6.45) is 2.89. The van der Waals surface area contributed by atoms with Gasteiger partial charge in [-0.05, 0) is 37.1 Å². The minimum Gasteiger partial charge on any atom is -0.336 e. The van der Waals surface area contributed by atoms with E-state index in [0.717, 1.165) is 11.4 Å². The Labute approximate surface area is 170 Å². The van der Waals surface area contributed by atoms with Gasteiger partial charge in [0.05, 0.1) is 34.6 Å². The average molecular weight is 421 g/mol. The fourth-order valence-corrected chi connectivity index (χ4v) is 5.98. The van der Waals surface area contributed by atoms with Gasteiger partial charge in [0.25, 0.3) is 5.91 Å². The summed E-state index contributed by atoms with van der Waals surface area (Å²) in [5.74, 6) is 0.113. The Balaban J connectivity index is 1.46. The second-order valence-corrected chi connectivity index (χ2v) is 9.86. The van der Waals surface area contributed by atoms with Gasteiger partial charge in [0, 0.05) is 32.2 Å². The van der Waals surface area contributed by atoms with E-state index in [-0.39, 0.29) is 29.3 Å². The van der Waals surface area contributed by atoms with Crippen LogP contribution in [-0.4, -0.2) is 77.6 Å². The molecule has 4 rings (SSSR count). The first-order valence-corrected chi connectivity index (χ1v) is 11.8. The Morgan fingerprint density at radius 2 is 1.86 bits per heavy atom. The number of nitrogens with zero attached hydrogens (tertiary/aromatic N) is 4. The van der Waals surface area contributed by atoms with Gasteiger partial charge in [-0.25, -0.2) is 17.5 Å². The molecule has 1 unspecified atom stereocenters. The highest BCUT2D eigenvalue weighted by Gasteiger charge is 2.35. The van der Waals surface area contributed by atoms with Gasteiger partial charge in [0.1, 0.15) is 5.82 Å². The van der Waals surface area contributed by atoms with Crippen molar-refractivity contribution in [1.82, 2.24) is 19.6 Å². The highest BCUT2D eigenvalue weighted by atomic mass is 32.2. The zero-order chi connectivity index (χ0) is 20.6. The summed E-state index contributed by atoms with van der Waals surface area (Å²) < 4.78 is 38.4. The Morgan fingerprint density at radius 3 is 2.45 bits per heavy atom. The molecule has 9 heteroatoms. The maximum absolute atomic E-state index is 13.2. The second kappa shape index (κ2) is 7.87. The molecule has 2 saturated heterocycles. The molecular weight excluding hydrogens is 395 g/mol. The number of carbonyl (C=O) groups is 1. The Kier molecular flexibility index (Phi) is 5.44. The lowest BCUT2D eigenvalue weighted by Gasteiger charge is -2.37. The normalized spacial score (nSPS) is 22.1. The lowest BCUT2D eigenvalue weighted by molar-refractivity contribution is 0.0587. The van der Waals surface area contributed by atoms with Crippen LogP contribution in [0.1, 0.15) is 29.4 Å². The number of carbonyl (C=O) groups excluding carboxylic acids is 1. The van der Waals surface area contributed by atoms with Crippen molar-refractivity contribution in [3.8, 4) is 5.69 Å². The maximum atomic E-state index is 13.2. The van der Waals surface area contributed by atoms with Crippen molar-refractivity contribution in [2.45, 2.75) is 25.8 Å². The third-order valence-corrected chi connectivity index (χ3v) is 7.58. The number of sulfone groups is 1. The molecule has 1 atom stereocenters. The lowest BCUT2D eigenvalue weighted by Crippen LogP contribution is -2.52. The Hall–Kier alpha value is -2.26. The summed E-state index contributed by atoms with van der Waals surface area (Å²) in [6, 6.07) is 6.11. The number of halogens is 1. The first kappa shape index (κ1) is 20.0. The minimum atomic E-state index is -2.91. The van der Waals surface area contributed by atoms with Gasteiger partial charge in [-0.2, -0.15) is 5.10 Å². The van der Waals surface area contributed by atoms with Crippen molar-refractivity contribution in [3.63, 3.8) is 0 Å². The fourth-order valence-electron chi connectivity index (χ4n) is 4.22. The van der Waals surface area contributed by atoms with Crippen molar-refractivity contribution in [2.24, 2.45) is 0 Å². The van der Waals surface area contributed by atoms with Crippen LogP contribution in [0.15, 0.2) is 30.5 Å². The van der Waals surface area contributed by atoms with Gasteiger partial charge >= 0.3 is 0 Å². The van der Waals surface area contributed by atoms with E-state index in [1.807, 2.05) is 11.8 Å². The van der Waals surface area contributed by atoms with Gasteiger partial charge in [0.15, 0.2) is 9.84 Å². The second-order valence-electron chi connectivity index (χ2n) is 7.63. The van der Waals surface area contributed by atoms with Crippen LogP contribution in [0.25, 0.3) is 5.69 Å². The van der Waals surface area contributed by atoms with E-state index >= 15 is 0 Å². The van der Waals surface area contributed by atoms with Crippen LogP contribution in [0, 0.1) is 5.82 Å². The summed E-state index contributed by atoms with van der Waals surface area (Å²) >= 11 is 0. The highest BCUT2D eigenvalue weighted by molar-refractivity contribution is 7.91. The summed E-state index contributed by atoms with van der Waals surface area (Å²) in [5, 5.41) is 4.37. The van der Waals surface area contributed by atoms with Crippen molar-refractivity contribution in [2.75, 3.05) is 37.7 Å². The van der Waals surface area contributed by atoms with E-state index in [0.29, 0.717) is 44.6 Å². The van der Waals surface area contributed by atoms with Crippen LogP contribution in [0.4, 0.5) is 4.39 Å². The molecule has 2 aromatic rings. The third kappa shape index (κ3) is 4.06. The number of hydrogen-bond donors (Lipinski definition) is 0. The standard InChI is InChI=1S/C20H25FN4O3S/c1-2-19-18(13-22-25(19)16-5-3-15(21)4-6-16)20(26)24-10-8-23(9-11-24)17-7-12-29(27,28)14-17/h3-6,13,17H,2,7-12,14H2,1H3. The number of rotatable bonds is 4. The smallest absolute Gasteiger partial charge is 0.257 e. The predicted molar refractivity (Wildman–Crippen MR) is 107 cm³/mol. The molecule has 1 amide bonds. The van der Waals surface area contributed by atoms with Crippen LogP contribution in [0.2, 0.25) is 0 Å². The number of hydrogen-bond acceptors (Lipinski definition) is 5. The van der Waals surface area contributed by atoms with Crippen LogP contribution in [0.5, 0.6) is 0 Å². The maximum Gasteiger partial charge on any atom is 0.257 e. The van der Waals surface area contributed by atoms with Gasteiger partial charge < -0.3 is 4.90 Å². The van der Waals surface area contributed by atoms with E-state index in [9.17, 15) is 17.6 Å². The summed E-state index contributed by atoms with van der Waals surface area (Å²) in [7, 11) is -2.91. The van der Waals surface area contributed by atoms with Gasteiger partial charge in [0.2, 0.25) is 0 Å². The minimum absolute atomic E-state index is 0.0612. The van der Waals surface area contributed by atoms with Crippen molar-refractivity contribution < 1.29 is 17.6 Å². The molecule has 3 heterocycles. The molecule has 0 aliphatic carbocycles. The van der Waals surface area contributed by atoms with Crippen LogP contribution >= 0.6 is 0 Å². The zero-order valence-corrected chi connectivity index (χ0v) is 17.2. The van der Waals surface area contributed by atoms with Crippen LogP contribution in [-0.2, 0) is 16.3 Å². The molecule has 0 bridgehead atoms. The molecule has 2 aliphatic heterocycles. The van der Waals surface area contributed by atoms with Crippen LogP contribution < -0.4 is 0 Å². The van der Waals surface area contributed by atoms with Gasteiger partial charge in [-0.3, -0.25) is 9.69 Å². The lowest BCUT2D eigenvalue weighted by atomic mass is 10.1. The monoisotopic (exact) mass is 420 g/mol. The molecule has 0 N–H and O–H groups in total. The zero-order valence-electron chi connectivity index (χ0n) is 16.4. The predicted octanol–water partition coefficient (Wildman–Crippen LogP) is 1.52. The van der Waals surface area contributed by atoms with E-state index in [1.165, 1.54) is 12.1 Å². The molecule has 0 radical (unpaired) electrons. The summed E-state index contributed by atoms with van der Waals surface area (Å²) in [6.45, 7) is 4.46. The van der Waals surface area contributed by atoms with Gasteiger partial charge in [-0.1, -0.05) is 6.92 Å². The molecule has 0 saturated carbocycles. The van der Waals surface area contributed by atoms with E-state index in [1.54, 1.807) is 23.0 Å². The number of aromatic nitrogens is 2. The molecule has 1 aromatic heterocycles. The summed E-state index contributed by atoms with van der Waals surface area (Å²) in [5.41, 5.74) is 2.08. The van der Waals surface area contributed by atoms with Crippen molar-refractivity contribution in [3.05, 3.63) is 47.5 Å². The molecule has 2 fully saturated rings. The Bertz CT molecular complexity index is 995. The number of amides is 1. The highest BCUT2D eigenvalue weighted by Crippen LogP contribution is 2.22. The van der Waals surface area contributed by atoms with Crippen molar-refractivity contribution in [1.29, 1.82) is 0 Å². The molecule has 29 heavy (non-hydrogen) atoms. The fraction of sp³-hybridized carbons (Fsp3) is 0.500. The first-order chi connectivity index (χ1) is 13.9. The van der Waals surface area contributed by atoms with Crippen LogP contribution in [0.3, 0.4) is 0 Å². The molecular formula is C20H25FN4O3S. The topological polar surface area (TPSA) is 75.5 Å². The van der Waals surface area contributed by atoms with E-state index in [4.69, 9.17) is 0 Å². The van der Waals surface area contributed by atoms with E-state index < -0.39 is 9.84 Å². The molecule has 7 nitrogen and oxygen atoms in total. The largest absolute Gasteiger partial charge is 0.336 e. The van der Waals surface area contributed by atoms with Crippen molar-refractivity contribution >= 4 is 15.7 Å². The Morgan fingerprint density at radius 1 is 1.17 bits per heavy atom. The molecule has 0 spiro atoms. The first-order valence-electron chi connectivity index (χ1n) is 9.94. The SMILES string of the molecule is CCc1c(C(=O)N2CCN(C3CCS(=O)(=O)C3)CC2)cnn1-c1ccc(F)cc1. The quantitative estimate of drug-likeness (QED) is 0.750. The summed E-state index contributed by atoms with van der Waals surface area (Å²) in [4.78, 5) is 17.1. The molecule has 1 aromatic carbocycles. The average Bonchev–Trinajstić information content (AvgIpc) is 3.31. The van der Waals surface area contributed by atoms with E-state index in [2.05, 4.69) is 10.00 Å². The van der Waals surface area contributed by atoms with Gasteiger partial charge in [-0.15, -0.1) is 0 Å². The molecule has 156 valence electrons. The number of piperazine rings is 1. The third-order valence-electron chi connectivity index (χ3n) is 5.83. The number of benzene rings is 1. The molecule has 2 aliphatic rings.